The fraction of sp³-hybridized carbons (Fsp3) is 0.368. The van der Waals surface area contributed by atoms with Gasteiger partial charge in [0.1, 0.15) is 5.75 Å². The van der Waals surface area contributed by atoms with E-state index in [1.165, 1.54) is 5.56 Å². The predicted octanol–water partition coefficient (Wildman–Crippen LogP) is 3.70. The second kappa shape index (κ2) is 11.1. The second-order valence-electron chi connectivity index (χ2n) is 5.62. The Morgan fingerprint density at radius 1 is 0.913 bits per heavy atom. The Hall–Kier alpha value is -1.55. The summed E-state index contributed by atoms with van der Waals surface area (Å²) >= 11 is 0. The Balaban J connectivity index is 0.00000264. The van der Waals surface area contributed by atoms with Gasteiger partial charge in [0.2, 0.25) is 0 Å². The third-order valence-corrected chi connectivity index (χ3v) is 3.46. The van der Waals surface area contributed by atoms with Crippen LogP contribution in [0.3, 0.4) is 0 Å². The van der Waals surface area contributed by atoms with Crippen LogP contribution in [-0.2, 0) is 0 Å². The zero-order valence-corrected chi connectivity index (χ0v) is 14.8. The average molecular weight is 335 g/mol. The molecule has 2 rings (SSSR count). The van der Waals surface area contributed by atoms with Crippen LogP contribution in [0.4, 0.5) is 0 Å². The van der Waals surface area contributed by atoms with Crippen LogP contribution in [0.25, 0.3) is 11.1 Å². The molecule has 0 aliphatic rings. The highest BCUT2D eigenvalue weighted by Gasteiger charge is 2.04. The SMILES string of the molecule is CN(C)CCNCCCOc1ccccc1-c1ccccc1.Cl. The van der Waals surface area contributed by atoms with Crippen molar-refractivity contribution in [3.63, 3.8) is 0 Å². The number of nitrogens with zero attached hydrogens (tertiary/aromatic N) is 1. The van der Waals surface area contributed by atoms with E-state index in [2.05, 4.69) is 60.7 Å². The number of likely N-dealkylation sites (N-methyl/N-ethyl adjacent to an activating group) is 1. The van der Waals surface area contributed by atoms with Gasteiger partial charge < -0.3 is 15.0 Å². The highest BCUT2D eigenvalue weighted by molar-refractivity contribution is 5.85. The molecule has 126 valence electrons. The van der Waals surface area contributed by atoms with E-state index in [1.807, 2.05) is 18.2 Å². The summed E-state index contributed by atoms with van der Waals surface area (Å²) in [4.78, 5) is 2.18. The molecule has 0 saturated carbocycles. The number of rotatable bonds is 9. The molecule has 0 aromatic heterocycles. The first-order chi connectivity index (χ1) is 10.8. The van der Waals surface area contributed by atoms with E-state index in [0.29, 0.717) is 0 Å². The smallest absolute Gasteiger partial charge is 0.127 e. The van der Waals surface area contributed by atoms with E-state index in [1.54, 1.807) is 0 Å². The normalized spacial score (nSPS) is 10.4. The molecule has 0 aliphatic carbocycles. The molecule has 4 heteroatoms. The summed E-state index contributed by atoms with van der Waals surface area (Å²) in [5, 5.41) is 3.43. The van der Waals surface area contributed by atoms with E-state index < -0.39 is 0 Å². The minimum Gasteiger partial charge on any atom is -0.493 e. The van der Waals surface area contributed by atoms with Crippen molar-refractivity contribution in [2.45, 2.75) is 6.42 Å². The van der Waals surface area contributed by atoms with Crippen LogP contribution in [0, 0.1) is 0 Å². The first-order valence-electron chi connectivity index (χ1n) is 7.90. The van der Waals surface area contributed by atoms with Crippen molar-refractivity contribution >= 4 is 12.4 Å². The molecule has 0 fully saturated rings. The molecule has 1 N–H and O–H groups in total. The molecule has 0 atom stereocenters. The Morgan fingerprint density at radius 3 is 2.35 bits per heavy atom. The maximum Gasteiger partial charge on any atom is 0.127 e. The van der Waals surface area contributed by atoms with Crippen LogP contribution in [-0.4, -0.2) is 45.2 Å². The fourth-order valence-electron chi connectivity index (χ4n) is 2.26. The lowest BCUT2D eigenvalue weighted by atomic mass is 10.1. The lowest BCUT2D eigenvalue weighted by Gasteiger charge is -2.13. The summed E-state index contributed by atoms with van der Waals surface area (Å²) in [5.41, 5.74) is 2.35. The van der Waals surface area contributed by atoms with Crippen molar-refractivity contribution in [2.24, 2.45) is 0 Å². The van der Waals surface area contributed by atoms with Gasteiger partial charge in [-0.05, 0) is 38.7 Å². The van der Waals surface area contributed by atoms with E-state index in [-0.39, 0.29) is 12.4 Å². The van der Waals surface area contributed by atoms with Crippen LogP contribution >= 0.6 is 12.4 Å². The number of hydrogen-bond donors (Lipinski definition) is 1. The molecule has 0 aliphatic heterocycles. The van der Waals surface area contributed by atoms with Gasteiger partial charge in [0, 0.05) is 18.7 Å². The van der Waals surface area contributed by atoms with Crippen molar-refractivity contribution in [1.82, 2.24) is 10.2 Å². The van der Waals surface area contributed by atoms with Crippen molar-refractivity contribution < 1.29 is 4.74 Å². The lowest BCUT2D eigenvalue weighted by molar-refractivity contribution is 0.307. The number of benzene rings is 2. The van der Waals surface area contributed by atoms with Crippen LogP contribution in [0.15, 0.2) is 54.6 Å². The standard InChI is InChI=1S/C19H26N2O.ClH/c1-21(2)15-14-20-13-8-16-22-19-12-7-6-11-18(19)17-9-4-3-5-10-17;/h3-7,9-12,20H,8,13-16H2,1-2H3;1H. The highest BCUT2D eigenvalue weighted by Crippen LogP contribution is 2.29. The monoisotopic (exact) mass is 334 g/mol. The van der Waals surface area contributed by atoms with Crippen LogP contribution in [0.2, 0.25) is 0 Å². The van der Waals surface area contributed by atoms with E-state index in [0.717, 1.165) is 44.0 Å². The van der Waals surface area contributed by atoms with Gasteiger partial charge in [-0.3, -0.25) is 0 Å². The van der Waals surface area contributed by atoms with E-state index >= 15 is 0 Å². The summed E-state index contributed by atoms with van der Waals surface area (Å²) in [5.74, 6) is 0.960. The summed E-state index contributed by atoms with van der Waals surface area (Å²) in [6, 6.07) is 18.6. The van der Waals surface area contributed by atoms with E-state index in [9.17, 15) is 0 Å². The first-order valence-corrected chi connectivity index (χ1v) is 7.90. The zero-order valence-electron chi connectivity index (χ0n) is 14.0. The Labute approximate surface area is 146 Å². The van der Waals surface area contributed by atoms with Gasteiger partial charge >= 0.3 is 0 Å². The maximum atomic E-state index is 5.97. The molecular formula is C19H27ClN2O. The van der Waals surface area contributed by atoms with Crippen LogP contribution < -0.4 is 10.1 Å². The van der Waals surface area contributed by atoms with Crippen molar-refractivity contribution in [3.05, 3.63) is 54.6 Å². The topological polar surface area (TPSA) is 24.5 Å². The third-order valence-electron chi connectivity index (χ3n) is 3.46. The van der Waals surface area contributed by atoms with Gasteiger partial charge in [-0.1, -0.05) is 48.5 Å². The largest absolute Gasteiger partial charge is 0.493 e. The molecule has 0 radical (unpaired) electrons. The second-order valence-corrected chi connectivity index (χ2v) is 5.62. The van der Waals surface area contributed by atoms with Gasteiger partial charge in [-0.25, -0.2) is 0 Å². The maximum absolute atomic E-state index is 5.97. The minimum absolute atomic E-state index is 0. The lowest BCUT2D eigenvalue weighted by Crippen LogP contribution is -2.27. The molecule has 0 amide bonds. The quantitative estimate of drug-likeness (QED) is 0.708. The predicted molar refractivity (Wildman–Crippen MR) is 101 cm³/mol. The summed E-state index contributed by atoms with van der Waals surface area (Å²) in [7, 11) is 4.18. The molecule has 0 unspecified atom stereocenters. The van der Waals surface area contributed by atoms with Gasteiger partial charge in [-0.2, -0.15) is 0 Å². The average Bonchev–Trinajstić information content (AvgIpc) is 2.55. The number of para-hydroxylation sites is 1. The molecule has 2 aromatic carbocycles. The first kappa shape index (κ1) is 19.5. The highest BCUT2D eigenvalue weighted by atomic mass is 35.5. The van der Waals surface area contributed by atoms with Crippen molar-refractivity contribution in [1.29, 1.82) is 0 Å². The Bertz CT molecular complexity index is 546. The molecule has 0 heterocycles. The molecule has 23 heavy (non-hydrogen) atoms. The number of nitrogens with one attached hydrogen (secondary N) is 1. The molecule has 0 saturated heterocycles. The van der Waals surface area contributed by atoms with Crippen LogP contribution in [0.5, 0.6) is 5.75 Å². The van der Waals surface area contributed by atoms with E-state index in [4.69, 9.17) is 4.74 Å². The Kier molecular flexibility index (Phi) is 9.37. The molecule has 3 nitrogen and oxygen atoms in total. The Morgan fingerprint density at radius 2 is 1.61 bits per heavy atom. The van der Waals surface area contributed by atoms with Crippen molar-refractivity contribution in [3.8, 4) is 16.9 Å². The van der Waals surface area contributed by atoms with Crippen molar-refractivity contribution in [2.75, 3.05) is 40.3 Å². The number of halogens is 1. The van der Waals surface area contributed by atoms with Gasteiger partial charge in [-0.15, -0.1) is 12.4 Å². The van der Waals surface area contributed by atoms with Gasteiger partial charge in [0.05, 0.1) is 6.61 Å². The summed E-state index contributed by atoms with van der Waals surface area (Å²) in [6.07, 6.45) is 1.01. The minimum atomic E-state index is 0. The molecule has 0 spiro atoms. The molecule has 0 bridgehead atoms. The zero-order chi connectivity index (χ0) is 15.6. The number of hydrogen-bond acceptors (Lipinski definition) is 3. The fourth-order valence-corrected chi connectivity index (χ4v) is 2.26. The summed E-state index contributed by atoms with van der Waals surface area (Å²) in [6.45, 7) is 3.81. The third kappa shape index (κ3) is 7.04. The van der Waals surface area contributed by atoms with Gasteiger partial charge in [0.15, 0.2) is 0 Å². The molecular weight excluding hydrogens is 308 g/mol. The van der Waals surface area contributed by atoms with Gasteiger partial charge in [0.25, 0.3) is 0 Å². The molecule has 2 aromatic rings. The van der Waals surface area contributed by atoms with Crippen LogP contribution in [0.1, 0.15) is 6.42 Å². The summed E-state index contributed by atoms with van der Waals surface area (Å²) < 4.78 is 5.97. The number of ether oxygens (including phenoxy) is 1.